The van der Waals surface area contributed by atoms with E-state index in [2.05, 4.69) is 20.4 Å². The first-order valence-corrected chi connectivity index (χ1v) is 14.1. The Morgan fingerprint density at radius 1 is 1.07 bits per heavy atom. The highest BCUT2D eigenvalue weighted by Gasteiger charge is 2.42. The van der Waals surface area contributed by atoms with Gasteiger partial charge in [0.2, 0.25) is 16.9 Å². The third-order valence-electron chi connectivity index (χ3n) is 7.24. The fourth-order valence-electron chi connectivity index (χ4n) is 5.05. The summed E-state index contributed by atoms with van der Waals surface area (Å²) in [6.07, 6.45) is 9.47. The molecule has 9 nitrogen and oxygen atoms in total. The van der Waals surface area contributed by atoms with E-state index < -0.39 is 23.0 Å². The minimum Gasteiger partial charge on any atom is -0.343 e. The molecule has 0 saturated heterocycles. The lowest BCUT2D eigenvalue weighted by atomic mass is 9.91. The van der Waals surface area contributed by atoms with Crippen molar-refractivity contribution in [2.45, 2.75) is 44.5 Å². The number of fused-ring (bicyclic) bond motifs is 1. The van der Waals surface area contributed by atoms with Crippen molar-refractivity contribution in [3.63, 3.8) is 0 Å². The lowest BCUT2D eigenvalue weighted by molar-refractivity contribution is -0.138. The summed E-state index contributed by atoms with van der Waals surface area (Å²) in [5.74, 6) is -1.22. The number of alkyl halides is 2. The molecule has 1 aliphatic carbocycles. The number of benzene rings is 2. The molecule has 2 unspecified atom stereocenters. The molecule has 2 aromatic heterocycles. The van der Waals surface area contributed by atoms with Crippen LogP contribution in [0.2, 0.25) is 0 Å². The molecule has 0 aliphatic heterocycles. The standard InChI is InChI=1S/C32H30ClFN6O3/c1-20(2)39(17-29(42)37-28-11-7-10-26(32(28,33)34)22-8-5-4-6-9-22)30(43)18-40-27-13-12-23(24-15-35-19-36-16-24)14-25(27)31(38-40)21(3)41/h4-16,19-20,28H,17-18H2,1-3H3,(H,37,42). The number of ketones is 1. The quantitative estimate of drug-likeness (QED) is 0.214. The lowest BCUT2D eigenvalue weighted by Crippen LogP contribution is -2.52. The molecule has 2 atom stereocenters. The van der Waals surface area contributed by atoms with Crippen molar-refractivity contribution >= 4 is 45.7 Å². The molecule has 4 aromatic rings. The molecule has 0 bridgehead atoms. The van der Waals surface area contributed by atoms with Gasteiger partial charge in [-0.3, -0.25) is 19.1 Å². The van der Waals surface area contributed by atoms with Gasteiger partial charge in [0.1, 0.15) is 24.6 Å². The number of carbonyl (C=O) groups is 3. The van der Waals surface area contributed by atoms with Crippen LogP contribution < -0.4 is 5.32 Å². The zero-order valence-electron chi connectivity index (χ0n) is 23.9. The highest BCUT2D eigenvalue weighted by atomic mass is 35.5. The fraction of sp³-hybridized carbons (Fsp3) is 0.250. The first-order valence-electron chi connectivity index (χ1n) is 13.7. The maximum Gasteiger partial charge on any atom is 0.245 e. The van der Waals surface area contributed by atoms with Gasteiger partial charge in [-0.05, 0) is 37.1 Å². The van der Waals surface area contributed by atoms with Gasteiger partial charge < -0.3 is 10.2 Å². The Kier molecular flexibility index (Phi) is 8.50. The summed E-state index contributed by atoms with van der Waals surface area (Å²) in [4.78, 5) is 48.6. The summed E-state index contributed by atoms with van der Waals surface area (Å²) in [6, 6.07) is 12.8. The molecule has 43 heavy (non-hydrogen) atoms. The number of hydrogen-bond donors (Lipinski definition) is 1. The number of nitrogens with one attached hydrogen (secondary N) is 1. The lowest BCUT2D eigenvalue weighted by Gasteiger charge is -2.33. The van der Waals surface area contributed by atoms with Crippen molar-refractivity contribution in [3.05, 3.63) is 96.7 Å². The van der Waals surface area contributed by atoms with Crippen molar-refractivity contribution in [2.75, 3.05) is 6.54 Å². The molecule has 11 heteroatoms. The van der Waals surface area contributed by atoms with Gasteiger partial charge in [0.05, 0.1) is 12.1 Å². The monoisotopic (exact) mass is 600 g/mol. The molecular formula is C32H30ClFN6O3. The summed E-state index contributed by atoms with van der Waals surface area (Å²) in [5.41, 5.74) is 3.21. The number of Topliss-reactive ketones (excluding diaryl/α,β-unsaturated/α-hetero) is 1. The molecule has 1 aliphatic rings. The van der Waals surface area contributed by atoms with Gasteiger partial charge in [0, 0.05) is 41.9 Å². The summed E-state index contributed by atoms with van der Waals surface area (Å²) in [5, 5.41) is 5.28. The van der Waals surface area contributed by atoms with Crippen LogP contribution in [0.1, 0.15) is 36.8 Å². The van der Waals surface area contributed by atoms with Crippen LogP contribution in [0.4, 0.5) is 4.39 Å². The van der Waals surface area contributed by atoms with Crippen LogP contribution >= 0.6 is 11.6 Å². The normalized spacial score (nSPS) is 18.0. The molecule has 1 N–H and O–H groups in total. The van der Waals surface area contributed by atoms with E-state index in [-0.39, 0.29) is 36.2 Å². The van der Waals surface area contributed by atoms with Gasteiger partial charge in [-0.2, -0.15) is 5.10 Å². The van der Waals surface area contributed by atoms with Gasteiger partial charge in [0.25, 0.3) is 0 Å². The van der Waals surface area contributed by atoms with E-state index in [0.717, 1.165) is 11.1 Å². The number of halogens is 2. The Bertz CT molecular complexity index is 1730. The zero-order chi connectivity index (χ0) is 30.7. The van der Waals surface area contributed by atoms with Crippen molar-refractivity contribution in [3.8, 4) is 11.1 Å². The van der Waals surface area contributed by atoms with Crippen LogP contribution in [0.3, 0.4) is 0 Å². The van der Waals surface area contributed by atoms with Gasteiger partial charge in [-0.15, -0.1) is 0 Å². The summed E-state index contributed by atoms with van der Waals surface area (Å²) in [6.45, 7) is 4.43. The van der Waals surface area contributed by atoms with Gasteiger partial charge in [-0.25, -0.2) is 14.4 Å². The Morgan fingerprint density at radius 3 is 2.47 bits per heavy atom. The third-order valence-corrected chi connectivity index (χ3v) is 7.68. The maximum atomic E-state index is 15.8. The first-order chi connectivity index (χ1) is 20.6. The molecule has 0 fully saturated rings. The van der Waals surface area contributed by atoms with Crippen molar-refractivity contribution in [1.29, 1.82) is 0 Å². The molecule has 0 saturated carbocycles. The molecule has 5 rings (SSSR count). The minimum atomic E-state index is -2.39. The zero-order valence-corrected chi connectivity index (χ0v) is 24.6. The number of hydrogen-bond acceptors (Lipinski definition) is 6. The number of aromatic nitrogens is 4. The second-order valence-corrected chi connectivity index (χ2v) is 11.1. The summed E-state index contributed by atoms with van der Waals surface area (Å²) in [7, 11) is 0. The Morgan fingerprint density at radius 2 is 1.79 bits per heavy atom. The predicted octanol–water partition coefficient (Wildman–Crippen LogP) is 4.98. The number of amides is 2. The Labute approximate surface area is 253 Å². The Hall–Kier alpha value is -4.70. The van der Waals surface area contributed by atoms with E-state index >= 15 is 4.39 Å². The molecule has 0 spiro atoms. The van der Waals surface area contributed by atoms with Crippen molar-refractivity contribution in [1.82, 2.24) is 30.0 Å². The van der Waals surface area contributed by atoms with Crippen LogP contribution in [0.25, 0.3) is 27.6 Å². The van der Waals surface area contributed by atoms with E-state index in [1.807, 2.05) is 18.2 Å². The molecule has 2 aromatic carbocycles. The van der Waals surface area contributed by atoms with Crippen LogP contribution in [0, 0.1) is 0 Å². The van der Waals surface area contributed by atoms with E-state index in [0.29, 0.717) is 16.5 Å². The highest BCUT2D eigenvalue weighted by Crippen LogP contribution is 2.40. The SMILES string of the molecule is CC(=O)c1nn(CC(=O)N(CC(=O)NC2C=CC=C(c3ccccc3)C2(F)Cl)C(C)C)c2ccc(-c3cncnc3)cc12. The van der Waals surface area contributed by atoms with Crippen LogP contribution in [0.5, 0.6) is 0 Å². The average molecular weight is 601 g/mol. The van der Waals surface area contributed by atoms with Gasteiger partial charge >= 0.3 is 0 Å². The number of carbonyl (C=O) groups excluding carboxylic acids is 3. The van der Waals surface area contributed by atoms with Gasteiger partial charge in [0.15, 0.2) is 5.78 Å². The second-order valence-electron chi connectivity index (χ2n) is 10.5. The van der Waals surface area contributed by atoms with E-state index in [1.165, 1.54) is 28.9 Å². The number of rotatable bonds is 9. The molecular weight excluding hydrogens is 571 g/mol. The van der Waals surface area contributed by atoms with E-state index in [1.54, 1.807) is 68.7 Å². The smallest absolute Gasteiger partial charge is 0.245 e. The molecule has 2 heterocycles. The van der Waals surface area contributed by atoms with Crippen LogP contribution in [0.15, 0.2) is 85.5 Å². The van der Waals surface area contributed by atoms with E-state index in [9.17, 15) is 14.4 Å². The first kappa shape index (κ1) is 29.8. The van der Waals surface area contributed by atoms with Crippen LogP contribution in [-0.4, -0.2) is 66.0 Å². The highest BCUT2D eigenvalue weighted by molar-refractivity contribution is 6.30. The topological polar surface area (TPSA) is 110 Å². The van der Waals surface area contributed by atoms with Crippen LogP contribution in [-0.2, 0) is 16.1 Å². The van der Waals surface area contributed by atoms with E-state index in [4.69, 9.17) is 11.6 Å². The number of allylic oxidation sites excluding steroid dienone is 2. The third kappa shape index (κ3) is 6.24. The number of nitrogens with zero attached hydrogens (tertiary/aromatic N) is 5. The minimum absolute atomic E-state index is 0.212. The average Bonchev–Trinajstić information content (AvgIpc) is 3.35. The molecule has 0 radical (unpaired) electrons. The largest absolute Gasteiger partial charge is 0.343 e. The van der Waals surface area contributed by atoms with Crippen molar-refractivity contribution < 1.29 is 18.8 Å². The van der Waals surface area contributed by atoms with Crippen molar-refractivity contribution in [2.24, 2.45) is 0 Å². The second kappa shape index (κ2) is 12.3. The Balaban J connectivity index is 1.33. The summed E-state index contributed by atoms with van der Waals surface area (Å²) < 4.78 is 17.3. The van der Waals surface area contributed by atoms with Gasteiger partial charge in [-0.1, -0.05) is 66.2 Å². The predicted molar refractivity (Wildman–Crippen MR) is 163 cm³/mol. The fourth-order valence-corrected chi connectivity index (χ4v) is 5.35. The maximum absolute atomic E-state index is 15.8. The molecule has 220 valence electrons. The summed E-state index contributed by atoms with van der Waals surface area (Å²) >= 11 is 6.36. The molecule has 2 amide bonds.